The van der Waals surface area contributed by atoms with E-state index in [4.69, 9.17) is 4.74 Å². The molecule has 3 nitrogen and oxygen atoms in total. The second kappa shape index (κ2) is 5.14. The molecule has 0 unspecified atom stereocenters. The van der Waals surface area contributed by atoms with Gasteiger partial charge >= 0.3 is 0 Å². The summed E-state index contributed by atoms with van der Waals surface area (Å²) in [5, 5.41) is 3.33. The van der Waals surface area contributed by atoms with Crippen molar-refractivity contribution in [3.63, 3.8) is 0 Å². The monoisotopic (exact) mass is 281 g/mol. The summed E-state index contributed by atoms with van der Waals surface area (Å²) in [5.74, 6) is 1.06. The lowest BCUT2D eigenvalue weighted by Gasteiger charge is -2.41. The largest absolute Gasteiger partial charge is 0.486 e. The first kappa shape index (κ1) is 14.4. The van der Waals surface area contributed by atoms with Gasteiger partial charge in [-0.05, 0) is 44.1 Å². The van der Waals surface area contributed by atoms with E-state index in [-0.39, 0.29) is 23.8 Å². The van der Waals surface area contributed by atoms with E-state index in [9.17, 15) is 4.79 Å². The third-order valence-corrected chi connectivity index (χ3v) is 4.29. The van der Waals surface area contributed by atoms with E-state index in [1.165, 1.54) is 5.56 Å². The summed E-state index contributed by atoms with van der Waals surface area (Å²) in [6.45, 7) is 5.98. The van der Waals surface area contributed by atoms with Gasteiger partial charge in [-0.3, -0.25) is 4.79 Å². The molecule has 0 aromatic heterocycles. The normalized spacial score (nSPS) is 20.4. The van der Waals surface area contributed by atoms with Crippen LogP contribution in [-0.2, 0) is 0 Å². The molecule has 2 aliphatic heterocycles. The summed E-state index contributed by atoms with van der Waals surface area (Å²) in [6.07, 6.45) is 2.38. The molecule has 104 valence electrons. The number of aryl methyl sites for hydroxylation is 1. The van der Waals surface area contributed by atoms with Crippen LogP contribution in [0, 0.1) is 13.8 Å². The lowest BCUT2D eigenvalue weighted by molar-refractivity contribution is 0.0181. The van der Waals surface area contributed by atoms with E-state index in [0.717, 1.165) is 42.8 Å². The van der Waals surface area contributed by atoms with E-state index in [1.807, 2.05) is 19.1 Å². The number of nitrogens with one attached hydrogen (secondary N) is 1. The van der Waals surface area contributed by atoms with E-state index in [0.29, 0.717) is 6.42 Å². The van der Waals surface area contributed by atoms with Gasteiger partial charge in [0.25, 0.3) is 0 Å². The van der Waals surface area contributed by atoms with Crippen LogP contribution in [-0.4, -0.2) is 24.5 Å². The van der Waals surface area contributed by atoms with Gasteiger partial charge in [0, 0.05) is 12.8 Å². The molecule has 2 aliphatic rings. The summed E-state index contributed by atoms with van der Waals surface area (Å²) in [7, 11) is 0. The van der Waals surface area contributed by atoms with Crippen LogP contribution >= 0.6 is 12.4 Å². The van der Waals surface area contributed by atoms with Crippen molar-refractivity contribution in [1.29, 1.82) is 0 Å². The number of rotatable bonds is 0. The molecule has 0 bridgehead atoms. The first-order valence-corrected chi connectivity index (χ1v) is 6.64. The second-order valence-corrected chi connectivity index (χ2v) is 5.52. The Morgan fingerprint density at radius 1 is 1.21 bits per heavy atom. The maximum Gasteiger partial charge on any atom is 0.170 e. The number of Topliss-reactive ketones (excluding diaryl/α,β-unsaturated/α-hetero) is 1. The Hall–Kier alpha value is -1.06. The Labute approximate surface area is 120 Å². The molecule has 4 heteroatoms. The highest BCUT2D eigenvalue weighted by molar-refractivity contribution is 6.01. The van der Waals surface area contributed by atoms with Gasteiger partial charge in [0.15, 0.2) is 5.78 Å². The molecule has 0 radical (unpaired) electrons. The number of piperidine rings is 1. The molecule has 1 aromatic carbocycles. The maximum atomic E-state index is 12.3. The predicted molar refractivity (Wildman–Crippen MR) is 77.6 cm³/mol. The van der Waals surface area contributed by atoms with Crippen molar-refractivity contribution in [2.75, 3.05) is 13.1 Å². The molecule has 2 heterocycles. The van der Waals surface area contributed by atoms with Gasteiger partial charge in [-0.2, -0.15) is 0 Å². The lowest BCUT2D eigenvalue weighted by atomic mass is 9.82. The Morgan fingerprint density at radius 2 is 1.89 bits per heavy atom. The number of fused-ring (bicyclic) bond motifs is 1. The maximum absolute atomic E-state index is 12.3. The fourth-order valence-electron chi connectivity index (χ4n) is 2.94. The number of carbonyl (C=O) groups is 1. The van der Waals surface area contributed by atoms with Gasteiger partial charge in [0.1, 0.15) is 11.4 Å². The fraction of sp³-hybridized carbons (Fsp3) is 0.533. The number of benzene rings is 1. The zero-order valence-electron chi connectivity index (χ0n) is 11.4. The topological polar surface area (TPSA) is 38.3 Å². The van der Waals surface area contributed by atoms with Crippen molar-refractivity contribution >= 4 is 18.2 Å². The summed E-state index contributed by atoms with van der Waals surface area (Å²) in [6, 6.07) is 3.92. The van der Waals surface area contributed by atoms with Crippen LogP contribution in [0.15, 0.2) is 12.1 Å². The molecule has 0 atom stereocenters. The van der Waals surface area contributed by atoms with Crippen LogP contribution in [0.25, 0.3) is 0 Å². The van der Waals surface area contributed by atoms with Gasteiger partial charge in [-0.15, -0.1) is 12.4 Å². The molecule has 0 saturated carbocycles. The van der Waals surface area contributed by atoms with E-state index in [2.05, 4.69) is 12.2 Å². The van der Waals surface area contributed by atoms with Crippen molar-refractivity contribution in [1.82, 2.24) is 5.32 Å². The molecule has 0 aliphatic carbocycles. The Bertz CT molecular complexity index is 507. The molecule has 1 aromatic rings. The highest BCUT2D eigenvalue weighted by Gasteiger charge is 2.41. The minimum atomic E-state index is -0.256. The quantitative estimate of drug-likeness (QED) is 0.795. The minimum Gasteiger partial charge on any atom is -0.486 e. The molecule has 0 amide bonds. The van der Waals surface area contributed by atoms with Gasteiger partial charge in [0.05, 0.1) is 12.0 Å². The van der Waals surface area contributed by atoms with Crippen LogP contribution in [0.4, 0.5) is 0 Å². The fourth-order valence-corrected chi connectivity index (χ4v) is 2.94. The van der Waals surface area contributed by atoms with Crippen molar-refractivity contribution in [3.05, 3.63) is 28.8 Å². The summed E-state index contributed by atoms with van der Waals surface area (Å²) in [5.41, 5.74) is 2.81. The van der Waals surface area contributed by atoms with Gasteiger partial charge in [-0.1, -0.05) is 6.07 Å². The molecule has 3 rings (SSSR count). The zero-order chi connectivity index (χ0) is 12.8. The third kappa shape index (κ3) is 2.37. The van der Waals surface area contributed by atoms with Crippen molar-refractivity contribution < 1.29 is 9.53 Å². The molecular weight excluding hydrogens is 262 g/mol. The van der Waals surface area contributed by atoms with E-state index >= 15 is 0 Å². The Kier molecular flexibility index (Phi) is 3.88. The molecule has 1 N–H and O–H groups in total. The second-order valence-electron chi connectivity index (χ2n) is 5.52. The van der Waals surface area contributed by atoms with Gasteiger partial charge in [0.2, 0.25) is 0 Å². The number of ketones is 1. The van der Waals surface area contributed by atoms with E-state index < -0.39 is 0 Å². The molecule has 1 saturated heterocycles. The highest BCUT2D eigenvalue weighted by atomic mass is 35.5. The summed E-state index contributed by atoms with van der Waals surface area (Å²) in [4.78, 5) is 12.3. The SMILES string of the molecule is Cc1ccc2c(c1C)OC1(CCNCC1)CC2=O.Cl. The third-order valence-electron chi connectivity index (χ3n) is 4.29. The van der Waals surface area contributed by atoms with Crippen LogP contribution in [0.5, 0.6) is 5.75 Å². The van der Waals surface area contributed by atoms with Gasteiger partial charge < -0.3 is 10.1 Å². The minimum absolute atomic E-state index is 0. The van der Waals surface area contributed by atoms with Crippen LogP contribution in [0.3, 0.4) is 0 Å². The van der Waals surface area contributed by atoms with Crippen molar-refractivity contribution in [2.24, 2.45) is 0 Å². The predicted octanol–water partition coefficient (Wildman–Crippen LogP) is 2.81. The molecular formula is C15H20ClNO2. The van der Waals surface area contributed by atoms with Gasteiger partial charge in [-0.25, -0.2) is 0 Å². The average Bonchev–Trinajstić information content (AvgIpc) is 2.35. The summed E-state index contributed by atoms with van der Waals surface area (Å²) >= 11 is 0. The van der Waals surface area contributed by atoms with Crippen LogP contribution < -0.4 is 10.1 Å². The lowest BCUT2D eigenvalue weighted by Crippen LogP contribution is -2.49. The zero-order valence-corrected chi connectivity index (χ0v) is 12.2. The standard InChI is InChI=1S/C15H19NO2.ClH/c1-10-3-4-12-13(17)9-15(5-7-16-8-6-15)18-14(12)11(10)2;/h3-4,16H,5-9H2,1-2H3;1H. The first-order valence-electron chi connectivity index (χ1n) is 6.64. The van der Waals surface area contributed by atoms with Crippen LogP contribution in [0.1, 0.15) is 40.7 Å². The smallest absolute Gasteiger partial charge is 0.170 e. The highest BCUT2D eigenvalue weighted by Crippen LogP contribution is 2.40. The average molecular weight is 282 g/mol. The molecule has 1 spiro atoms. The molecule has 19 heavy (non-hydrogen) atoms. The number of carbonyl (C=O) groups excluding carboxylic acids is 1. The number of hydrogen-bond acceptors (Lipinski definition) is 3. The number of hydrogen-bond donors (Lipinski definition) is 1. The van der Waals surface area contributed by atoms with Crippen LogP contribution in [0.2, 0.25) is 0 Å². The Morgan fingerprint density at radius 3 is 2.58 bits per heavy atom. The molecule has 1 fully saturated rings. The Balaban J connectivity index is 0.00000133. The summed E-state index contributed by atoms with van der Waals surface area (Å²) < 4.78 is 6.28. The van der Waals surface area contributed by atoms with Crippen molar-refractivity contribution in [2.45, 2.75) is 38.7 Å². The van der Waals surface area contributed by atoms with Crippen molar-refractivity contribution in [3.8, 4) is 5.75 Å². The van der Waals surface area contributed by atoms with E-state index in [1.54, 1.807) is 0 Å². The first-order chi connectivity index (χ1) is 8.61. The number of ether oxygens (including phenoxy) is 1. The number of halogens is 1.